The summed E-state index contributed by atoms with van der Waals surface area (Å²) in [5, 5.41) is 12.2. The molecule has 0 aliphatic carbocycles. The highest BCUT2D eigenvalue weighted by molar-refractivity contribution is 7.99. The van der Waals surface area contributed by atoms with Crippen molar-refractivity contribution in [3.8, 4) is 11.8 Å². The van der Waals surface area contributed by atoms with Crippen molar-refractivity contribution in [2.45, 2.75) is 18.5 Å². The number of nitrogens with zero attached hydrogens (tertiary/aromatic N) is 3. The fourth-order valence-electron chi connectivity index (χ4n) is 2.67. The summed E-state index contributed by atoms with van der Waals surface area (Å²) >= 11 is 1.20. The lowest BCUT2D eigenvalue weighted by Crippen LogP contribution is -2.27. The van der Waals surface area contributed by atoms with Crippen molar-refractivity contribution in [3.05, 3.63) is 64.4 Å². The smallest absolute Gasteiger partial charge is 0.266 e. The summed E-state index contributed by atoms with van der Waals surface area (Å²) in [7, 11) is 0. The van der Waals surface area contributed by atoms with Crippen LogP contribution in [0.4, 0.5) is 0 Å². The van der Waals surface area contributed by atoms with Gasteiger partial charge in [0, 0.05) is 6.54 Å². The number of aryl methyl sites for hydroxylation is 1. The van der Waals surface area contributed by atoms with Gasteiger partial charge in [0.25, 0.3) is 5.56 Å². The molecule has 0 spiro atoms. The molecule has 0 bridgehead atoms. The first kappa shape index (κ1) is 18.7. The molecule has 27 heavy (non-hydrogen) atoms. The first-order valence-corrected chi connectivity index (χ1v) is 9.44. The quantitative estimate of drug-likeness (QED) is 0.405. The van der Waals surface area contributed by atoms with Gasteiger partial charge in [-0.2, -0.15) is 5.26 Å². The third kappa shape index (κ3) is 4.18. The first-order valence-electron chi connectivity index (χ1n) is 8.46. The molecule has 1 N–H and O–H groups in total. The average molecular weight is 378 g/mol. The number of nitriles is 1. The predicted octanol–water partition coefficient (Wildman–Crippen LogP) is 2.82. The van der Waals surface area contributed by atoms with Gasteiger partial charge in [0.1, 0.15) is 0 Å². The minimum atomic E-state index is -0.200. The van der Waals surface area contributed by atoms with Gasteiger partial charge in [0.2, 0.25) is 5.91 Å². The number of rotatable bonds is 6. The molecule has 0 unspecified atom stereocenters. The molecular formula is C20H18N4O2S. The lowest BCUT2D eigenvalue weighted by Gasteiger charge is -2.15. The number of carbonyl (C=O) groups is 1. The number of benzene rings is 2. The molecule has 0 atom stereocenters. The summed E-state index contributed by atoms with van der Waals surface area (Å²) in [6.45, 7) is 2.24. The van der Waals surface area contributed by atoms with E-state index in [1.54, 1.807) is 16.7 Å². The zero-order chi connectivity index (χ0) is 19.2. The second-order valence-electron chi connectivity index (χ2n) is 5.89. The minimum Gasteiger partial charge on any atom is -0.354 e. The van der Waals surface area contributed by atoms with Crippen molar-refractivity contribution >= 4 is 28.6 Å². The maximum absolute atomic E-state index is 13.1. The van der Waals surface area contributed by atoms with Crippen molar-refractivity contribution in [1.82, 2.24) is 14.9 Å². The Kier molecular flexibility index (Phi) is 5.89. The van der Waals surface area contributed by atoms with Crippen LogP contribution in [-0.4, -0.2) is 27.8 Å². The number of para-hydroxylation sites is 2. The lowest BCUT2D eigenvalue weighted by atomic mass is 10.2. The van der Waals surface area contributed by atoms with Gasteiger partial charge in [-0.1, -0.05) is 42.1 Å². The molecule has 1 aromatic heterocycles. The maximum atomic E-state index is 13.1. The van der Waals surface area contributed by atoms with Crippen LogP contribution in [0.5, 0.6) is 0 Å². The lowest BCUT2D eigenvalue weighted by molar-refractivity contribution is -0.118. The van der Waals surface area contributed by atoms with Crippen LogP contribution in [0.2, 0.25) is 0 Å². The van der Waals surface area contributed by atoms with Crippen LogP contribution in [0.3, 0.4) is 0 Å². The molecule has 0 radical (unpaired) electrons. The van der Waals surface area contributed by atoms with E-state index in [2.05, 4.69) is 10.3 Å². The van der Waals surface area contributed by atoms with Gasteiger partial charge in [-0.15, -0.1) is 0 Å². The highest BCUT2D eigenvalue weighted by Gasteiger charge is 2.15. The zero-order valence-electron chi connectivity index (χ0n) is 14.8. The van der Waals surface area contributed by atoms with E-state index in [-0.39, 0.29) is 23.6 Å². The monoisotopic (exact) mass is 378 g/mol. The van der Waals surface area contributed by atoms with Gasteiger partial charge in [-0.25, -0.2) is 4.98 Å². The Bertz CT molecular complexity index is 1090. The molecule has 6 nitrogen and oxygen atoms in total. The van der Waals surface area contributed by atoms with Crippen molar-refractivity contribution in [1.29, 1.82) is 5.26 Å². The van der Waals surface area contributed by atoms with Crippen LogP contribution in [-0.2, 0) is 4.79 Å². The number of hydrogen-bond acceptors (Lipinski definition) is 5. The number of amides is 1. The highest BCUT2D eigenvalue weighted by Crippen LogP contribution is 2.22. The summed E-state index contributed by atoms with van der Waals surface area (Å²) in [6, 6.07) is 16.7. The van der Waals surface area contributed by atoms with Gasteiger partial charge < -0.3 is 5.32 Å². The second kappa shape index (κ2) is 8.52. The largest absolute Gasteiger partial charge is 0.354 e. The Balaban J connectivity index is 2.02. The van der Waals surface area contributed by atoms with Gasteiger partial charge in [0.05, 0.1) is 34.8 Å². The Morgan fingerprint density at radius 2 is 1.96 bits per heavy atom. The third-order valence-electron chi connectivity index (χ3n) is 3.99. The molecule has 7 heteroatoms. The standard InChI is InChI=1S/C20H18N4O2S/c1-14-7-2-5-10-17(14)24-19(26)15-8-3-4-9-16(15)23-20(24)27-13-18(25)22-12-6-11-21/h2-5,7-10H,6,12-13H2,1H3,(H,22,25). The maximum Gasteiger partial charge on any atom is 0.266 e. The molecule has 3 rings (SSSR count). The zero-order valence-corrected chi connectivity index (χ0v) is 15.6. The molecule has 0 aliphatic rings. The molecule has 2 aromatic carbocycles. The molecule has 136 valence electrons. The molecule has 0 aliphatic heterocycles. The summed E-state index contributed by atoms with van der Waals surface area (Å²) in [5.74, 6) is -0.0868. The number of fused-ring (bicyclic) bond motifs is 1. The van der Waals surface area contributed by atoms with Gasteiger partial charge >= 0.3 is 0 Å². The molecule has 3 aromatic rings. The fraction of sp³-hybridized carbons (Fsp3) is 0.200. The molecule has 0 saturated heterocycles. The van der Waals surface area contributed by atoms with E-state index in [0.29, 0.717) is 22.6 Å². The van der Waals surface area contributed by atoms with E-state index < -0.39 is 0 Å². The topological polar surface area (TPSA) is 87.8 Å². The van der Waals surface area contributed by atoms with E-state index in [0.717, 1.165) is 11.3 Å². The number of carbonyl (C=O) groups excluding carboxylic acids is 1. The minimum absolute atomic E-state index is 0.113. The van der Waals surface area contributed by atoms with Crippen molar-refractivity contribution in [2.75, 3.05) is 12.3 Å². The van der Waals surface area contributed by atoms with Crippen LogP contribution in [0.25, 0.3) is 16.6 Å². The number of hydrogen-bond donors (Lipinski definition) is 1. The molecule has 0 fully saturated rings. The summed E-state index contributed by atoms with van der Waals surface area (Å²) in [6.07, 6.45) is 0.262. The van der Waals surface area contributed by atoms with Crippen LogP contribution < -0.4 is 10.9 Å². The fourth-order valence-corrected chi connectivity index (χ4v) is 3.51. The molecular weight excluding hydrogens is 360 g/mol. The van der Waals surface area contributed by atoms with Crippen molar-refractivity contribution in [2.24, 2.45) is 0 Å². The molecule has 1 heterocycles. The van der Waals surface area contributed by atoms with Gasteiger partial charge in [-0.3, -0.25) is 14.2 Å². The Hall–Kier alpha value is -3.11. The van der Waals surface area contributed by atoms with Gasteiger partial charge in [-0.05, 0) is 30.7 Å². The van der Waals surface area contributed by atoms with Crippen LogP contribution >= 0.6 is 11.8 Å². The molecule has 1 amide bonds. The van der Waals surface area contributed by atoms with E-state index in [4.69, 9.17) is 5.26 Å². The Morgan fingerprint density at radius 1 is 1.22 bits per heavy atom. The van der Waals surface area contributed by atoms with E-state index >= 15 is 0 Å². The van der Waals surface area contributed by atoms with Gasteiger partial charge in [0.15, 0.2) is 5.16 Å². The Labute approximate surface area is 160 Å². The first-order chi connectivity index (χ1) is 13.1. The second-order valence-corrected chi connectivity index (χ2v) is 6.83. The van der Waals surface area contributed by atoms with E-state index in [9.17, 15) is 9.59 Å². The molecule has 0 saturated carbocycles. The number of aromatic nitrogens is 2. The number of nitrogens with one attached hydrogen (secondary N) is 1. The van der Waals surface area contributed by atoms with Crippen LogP contribution in [0.15, 0.2) is 58.5 Å². The highest BCUT2D eigenvalue weighted by atomic mass is 32.2. The average Bonchev–Trinajstić information content (AvgIpc) is 2.68. The Morgan fingerprint density at radius 3 is 2.74 bits per heavy atom. The SMILES string of the molecule is Cc1ccccc1-n1c(SCC(=O)NCCC#N)nc2ccccc2c1=O. The normalized spacial score (nSPS) is 10.5. The van der Waals surface area contributed by atoms with Crippen LogP contribution in [0, 0.1) is 18.3 Å². The van der Waals surface area contributed by atoms with Crippen LogP contribution in [0.1, 0.15) is 12.0 Å². The third-order valence-corrected chi connectivity index (χ3v) is 4.93. The summed E-state index contributed by atoms with van der Waals surface area (Å²) in [4.78, 5) is 29.7. The van der Waals surface area contributed by atoms with Crippen molar-refractivity contribution in [3.63, 3.8) is 0 Å². The van der Waals surface area contributed by atoms with Crippen molar-refractivity contribution < 1.29 is 4.79 Å². The summed E-state index contributed by atoms with van der Waals surface area (Å²) < 4.78 is 1.56. The van der Waals surface area contributed by atoms with E-state index in [1.807, 2.05) is 49.4 Å². The number of thioether (sulfide) groups is 1. The predicted molar refractivity (Wildman–Crippen MR) is 106 cm³/mol. The summed E-state index contributed by atoms with van der Waals surface area (Å²) in [5.41, 5.74) is 2.12. The van der Waals surface area contributed by atoms with E-state index in [1.165, 1.54) is 11.8 Å².